The van der Waals surface area contributed by atoms with E-state index >= 15 is 0 Å². The van der Waals surface area contributed by atoms with E-state index in [0.29, 0.717) is 24.9 Å². The quantitative estimate of drug-likeness (QED) is 0.906. The largest absolute Gasteiger partial charge is 0.384 e. The van der Waals surface area contributed by atoms with Crippen LogP contribution in [0.3, 0.4) is 0 Å². The molecule has 0 atom stereocenters. The molecule has 2 aromatic rings. The van der Waals surface area contributed by atoms with Crippen molar-refractivity contribution < 1.29 is 4.74 Å². The first-order valence-electron chi connectivity index (χ1n) is 6.62. The molecule has 20 heavy (non-hydrogen) atoms. The molecular formula is C15H20N4O. The van der Waals surface area contributed by atoms with Crippen LogP contribution in [0, 0.1) is 6.92 Å². The van der Waals surface area contributed by atoms with Gasteiger partial charge in [-0.1, -0.05) is 18.2 Å². The van der Waals surface area contributed by atoms with Crippen LogP contribution in [0.25, 0.3) is 0 Å². The molecule has 0 bridgehead atoms. The second-order valence-corrected chi connectivity index (χ2v) is 4.55. The Labute approximate surface area is 119 Å². The molecule has 1 aromatic carbocycles. The van der Waals surface area contributed by atoms with Crippen molar-refractivity contribution in [3.8, 4) is 0 Å². The summed E-state index contributed by atoms with van der Waals surface area (Å²) in [7, 11) is 1.97. The van der Waals surface area contributed by atoms with Crippen LogP contribution >= 0.6 is 0 Å². The number of benzene rings is 1. The van der Waals surface area contributed by atoms with Crippen molar-refractivity contribution in [2.75, 3.05) is 24.3 Å². The predicted octanol–water partition coefficient (Wildman–Crippen LogP) is 2.67. The minimum absolute atomic E-state index is 0.371. The van der Waals surface area contributed by atoms with Gasteiger partial charge in [0.2, 0.25) is 0 Å². The summed E-state index contributed by atoms with van der Waals surface area (Å²) in [5, 5.41) is 0. The Morgan fingerprint density at radius 3 is 2.70 bits per heavy atom. The topological polar surface area (TPSA) is 64.3 Å². The molecule has 5 heteroatoms. The van der Waals surface area contributed by atoms with E-state index in [1.807, 2.05) is 31.0 Å². The SMILES string of the molecule is CCOCc1nc(N)cc(N(C)c2ccccc2C)n1. The molecule has 2 rings (SSSR count). The summed E-state index contributed by atoms with van der Waals surface area (Å²) in [6.45, 7) is 5.00. The summed E-state index contributed by atoms with van der Waals surface area (Å²) in [6.07, 6.45) is 0. The Morgan fingerprint density at radius 1 is 1.25 bits per heavy atom. The van der Waals surface area contributed by atoms with Crippen LogP contribution in [-0.4, -0.2) is 23.6 Å². The van der Waals surface area contributed by atoms with Gasteiger partial charge in [-0.25, -0.2) is 9.97 Å². The molecule has 0 saturated carbocycles. The normalized spacial score (nSPS) is 10.6. The number of aromatic nitrogens is 2. The van der Waals surface area contributed by atoms with Gasteiger partial charge in [0.05, 0.1) is 0 Å². The standard InChI is InChI=1S/C15H20N4O/c1-4-20-10-14-17-13(16)9-15(18-14)19(3)12-8-6-5-7-11(12)2/h5-9H,4,10H2,1-3H3,(H2,16,17,18). The summed E-state index contributed by atoms with van der Waals surface area (Å²) in [6, 6.07) is 9.90. The minimum atomic E-state index is 0.371. The number of anilines is 3. The maximum absolute atomic E-state index is 5.85. The van der Waals surface area contributed by atoms with Crippen LogP contribution in [0.2, 0.25) is 0 Å². The number of ether oxygens (including phenoxy) is 1. The van der Waals surface area contributed by atoms with E-state index in [-0.39, 0.29) is 0 Å². The second-order valence-electron chi connectivity index (χ2n) is 4.55. The monoisotopic (exact) mass is 272 g/mol. The molecule has 0 spiro atoms. The highest BCUT2D eigenvalue weighted by atomic mass is 16.5. The highest BCUT2D eigenvalue weighted by Crippen LogP contribution is 2.25. The van der Waals surface area contributed by atoms with Crippen molar-refractivity contribution in [2.24, 2.45) is 0 Å². The van der Waals surface area contributed by atoms with Crippen LogP contribution in [0.15, 0.2) is 30.3 Å². The molecule has 0 amide bonds. The average Bonchev–Trinajstić information content (AvgIpc) is 2.44. The molecule has 106 valence electrons. The Kier molecular flexibility index (Phi) is 4.53. The fourth-order valence-corrected chi connectivity index (χ4v) is 2.00. The molecule has 0 saturated heterocycles. The van der Waals surface area contributed by atoms with Crippen LogP contribution < -0.4 is 10.6 Å². The molecule has 0 radical (unpaired) electrons. The number of aryl methyl sites for hydroxylation is 1. The van der Waals surface area contributed by atoms with Gasteiger partial charge < -0.3 is 15.4 Å². The zero-order valence-corrected chi connectivity index (χ0v) is 12.1. The minimum Gasteiger partial charge on any atom is -0.384 e. The summed E-state index contributed by atoms with van der Waals surface area (Å²) in [4.78, 5) is 10.7. The third kappa shape index (κ3) is 3.24. The van der Waals surface area contributed by atoms with Gasteiger partial charge in [-0.15, -0.1) is 0 Å². The number of hydrogen-bond acceptors (Lipinski definition) is 5. The fourth-order valence-electron chi connectivity index (χ4n) is 2.00. The molecular weight excluding hydrogens is 252 g/mol. The zero-order valence-electron chi connectivity index (χ0n) is 12.1. The van der Waals surface area contributed by atoms with Crippen LogP contribution in [0.4, 0.5) is 17.3 Å². The Morgan fingerprint density at radius 2 is 2.00 bits per heavy atom. The Bertz CT molecular complexity index is 586. The van der Waals surface area contributed by atoms with Gasteiger partial charge in [-0.2, -0.15) is 0 Å². The van der Waals surface area contributed by atoms with Crippen molar-refractivity contribution in [3.05, 3.63) is 41.7 Å². The molecule has 1 aromatic heterocycles. The smallest absolute Gasteiger partial charge is 0.158 e. The first-order valence-corrected chi connectivity index (χ1v) is 6.62. The van der Waals surface area contributed by atoms with Crippen LogP contribution in [-0.2, 0) is 11.3 Å². The van der Waals surface area contributed by atoms with Crippen molar-refractivity contribution in [1.29, 1.82) is 0 Å². The van der Waals surface area contributed by atoms with E-state index in [2.05, 4.69) is 29.0 Å². The molecule has 2 N–H and O–H groups in total. The number of hydrogen-bond donors (Lipinski definition) is 1. The summed E-state index contributed by atoms with van der Waals surface area (Å²) in [5.74, 6) is 1.81. The Balaban J connectivity index is 2.32. The van der Waals surface area contributed by atoms with Gasteiger partial charge in [0.1, 0.15) is 18.2 Å². The van der Waals surface area contributed by atoms with E-state index in [9.17, 15) is 0 Å². The van der Waals surface area contributed by atoms with Gasteiger partial charge >= 0.3 is 0 Å². The number of nitrogen functional groups attached to an aromatic ring is 1. The van der Waals surface area contributed by atoms with Crippen molar-refractivity contribution in [2.45, 2.75) is 20.5 Å². The van der Waals surface area contributed by atoms with Gasteiger partial charge in [0.25, 0.3) is 0 Å². The third-order valence-corrected chi connectivity index (χ3v) is 3.03. The van der Waals surface area contributed by atoms with E-state index in [0.717, 1.165) is 11.5 Å². The molecule has 0 aliphatic carbocycles. The molecule has 0 fully saturated rings. The van der Waals surface area contributed by atoms with E-state index < -0.39 is 0 Å². The third-order valence-electron chi connectivity index (χ3n) is 3.03. The molecule has 1 heterocycles. The summed E-state index contributed by atoms with van der Waals surface area (Å²) in [5.41, 5.74) is 8.12. The van der Waals surface area contributed by atoms with Gasteiger partial charge in [-0.3, -0.25) is 0 Å². The molecule has 0 unspecified atom stereocenters. The van der Waals surface area contributed by atoms with Crippen molar-refractivity contribution >= 4 is 17.3 Å². The first-order chi connectivity index (χ1) is 9.61. The van der Waals surface area contributed by atoms with Gasteiger partial charge in [0.15, 0.2) is 5.82 Å². The lowest BCUT2D eigenvalue weighted by Crippen LogP contribution is -2.15. The van der Waals surface area contributed by atoms with E-state index in [1.165, 1.54) is 5.56 Å². The number of para-hydroxylation sites is 1. The number of nitrogens with zero attached hydrogens (tertiary/aromatic N) is 3. The van der Waals surface area contributed by atoms with Crippen molar-refractivity contribution in [3.63, 3.8) is 0 Å². The van der Waals surface area contributed by atoms with E-state index in [4.69, 9.17) is 10.5 Å². The molecule has 0 aliphatic heterocycles. The average molecular weight is 272 g/mol. The first kappa shape index (κ1) is 14.3. The maximum Gasteiger partial charge on any atom is 0.158 e. The molecule has 5 nitrogen and oxygen atoms in total. The highest BCUT2D eigenvalue weighted by Gasteiger charge is 2.10. The fraction of sp³-hybridized carbons (Fsp3) is 0.333. The van der Waals surface area contributed by atoms with Gasteiger partial charge in [-0.05, 0) is 25.5 Å². The van der Waals surface area contributed by atoms with Crippen LogP contribution in [0.5, 0.6) is 0 Å². The van der Waals surface area contributed by atoms with Crippen LogP contribution in [0.1, 0.15) is 18.3 Å². The zero-order chi connectivity index (χ0) is 14.5. The number of rotatable bonds is 5. The van der Waals surface area contributed by atoms with Crippen molar-refractivity contribution in [1.82, 2.24) is 9.97 Å². The second kappa shape index (κ2) is 6.34. The summed E-state index contributed by atoms with van der Waals surface area (Å²) >= 11 is 0. The lowest BCUT2D eigenvalue weighted by molar-refractivity contribution is 0.128. The van der Waals surface area contributed by atoms with E-state index in [1.54, 1.807) is 6.07 Å². The number of nitrogens with two attached hydrogens (primary N) is 1. The Hall–Kier alpha value is -2.14. The predicted molar refractivity (Wildman–Crippen MR) is 81.0 cm³/mol. The molecule has 0 aliphatic rings. The lowest BCUT2D eigenvalue weighted by atomic mass is 10.2. The maximum atomic E-state index is 5.85. The highest BCUT2D eigenvalue weighted by molar-refractivity contribution is 5.64. The van der Waals surface area contributed by atoms with Gasteiger partial charge in [0, 0.05) is 25.4 Å². The lowest BCUT2D eigenvalue weighted by Gasteiger charge is -2.21. The summed E-state index contributed by atoms with van der Waals surface area (Å²) < 4.78 is 5.34.